The Morgan fingerprint density at radius 3 is 2.46 bits per heavy atom. The molecule has 200 valence electrons. The van der Waals surface area contributed by atoms with Crippen LogP contribution in [-0.4, -0.2) is 58.7 Å². The Balaban J connectivity index is 1.44. The van der Waals surface area contributed by atoms with Gasteiger partial charge in [0.25, 0.3) is 0 Å². The minimum absolute atomic E-state index is 0.0453. The number of hydrogen-bond donors (Lipinski definition) is 3. The highest BCUT2D eigenvalue weighted by Gasteiger charge is 2.54. The fraction of sp³-hybridized carbons (Fsp3) is 0.500. The topological polar surface area (TPSA) is 105 Å². The summed E-state index contributed by atoms with van der Waals surface area (Å²) in [6.45, 7) is 3.25. The third-order valence-corrected chi connectivity index (χ3v) is 10.2. The van der Waals surface area contributed by atoms with E-state index in [2.05, 4.69) is 10.5 Å². The molecule has 3 aliphatic rings. The zero-order chi connectivity index (χ0) is 26.6. The van der Waals surface area contributed by atoms with Crippen molar-refractivity contribution in [1.82, 2.24) is 14.6 Å². The molecule has 11 heteroatoms. The van der Waals surface area contributed by atoms with E-state index in [4.69, 9.17) is 0 Å². The average Bonchev–Trinajstić information content (AvgIpc) is 3.21. The van der Waals surface area contributed by atoms with Gasteiger partial charge in [-0.05, 0) is 62.8 Å². The van der Waals surface area contributed by atoms with Gasteiger partial charge in [0.2, 0.25) is 16.4 Å². The van der Waals surface area contributed by atoms with Crippen molar-refractivity contribution < 1.29 is 27.4 Å². The molecule has 2 aromatic rings. The van der Waals surface area contributed by atoms with Crippen molar-refractivity contribution >= 4 is 16.4 Å². The van der Waals surface area contributed by atoms with Crippen LogP contribution in [0.15, 0.2) is 47.6 Å². The van der Waals surface area contributed by atoms with Crippen molar-refractivity contribution in [3.8, 4) is 0 Å². The number of hydrogen-bond acceptors (Lipinski definition) is 7. The normalized spacial score (nSPS) is 33.2. The monoisotopic (exact) mass is 534 g/mol. The number of nitrogens with zero attached hydrogens (tertiary/aromatic N) is 3. The van der Waals surface area contributed by atoms with Crippen LogP contribution in [0.4, 0.5) is 8.78 Å². The van der Waals surface area contributed by atoms with Crippen LogP contribution in [-0.2, 0) is 22.0 Å². The van der Waals surface area contributed by atoms with Crippen molar-refractivity contribution in [3.05, 3.63) is 70.8 Å². The number of aliphatic hydroxyl groups excluding tert-OH is 1. The number of benzene rings is 2. The summed E-state index contributed by atoms with van der Waals surface area (Å²) < 4.78 is 59.5. The molecule has 8 nitrogen and oxygen atoms in total. The van der Waals surface area contributed by atoms with Gasteiger partial charge in [0.1, 0.15) is 23.2 Å². The van der Waals surface area contributed by atoms with Crippen LogP contribution in [0.2, 0.25) is 0 Å². The molecule has 0 amide bonds. The molecule has 2 heterocycles. The number of aliphatic hydroxyl groups is 2. The molecule has 1 aliphatic carbocycles. The van der Waals surface area contributed by atoms with E-state index in [1.54, 1.807) is 38.1 Å². The van der Waals surface area contributed by atoms with Gasteiger partial charge >= 0.3 is 0 Å². The number of hydrazone groups is 1. The maximum Gasteiger partial charge on any atom is 0.221 e. The lowest BCUT2D eigenvalue weighted by atomic mass is 9.56. The van der Waals surface area contributed by atoms with Gasteiger partial charge < -0.3 is 15.1 Å². The van der Waals surface area contributed by atoms with Crippen LogP contribution < -0.4 is 5.43 Å². The molecule has 2 fully saturated rings. The first kappa shape index (κ1) is 26.0. The number of rotatable bonds is 6. The number of halogens is 2. The highest BCUT2D eigenvalue weighted by Crippen LogP contribution is 2.52. The molecule has 1 unspecified atom stereocenters. The van der Waals surface area contributed by atoms with Gasteiger partial charge in [0, 0.05) is 30.1 Å². The Morgan fingerprint density at radius 2 is 1.84 bits per heavy atom. The highest BCUT2D eigenvalue weighted by molar-refractivity contribution is 7.89. The second kappa shape index (κ2) is 9.30. The zero-order valence-electron chi connectivity index (χ0n) is 20.8. The average molecular weight is 535 g/mol. The summed E-state index contributed by atoms with van der Waals surface area (Å²) in [7, 11) is -3.81. The van der Waals surface area contributed by atoms with E-state index in [0.29, 0.717) is 18.4 Å². The summed E-state index contributed by atoms with van der Waals surface area (Å²) in [5.74, 6) is -1.38. The number of sulfonamides is 1. The molecule has 2 aliphatic heterocycles. The summed E-state index contributed by atoms with van der Waals surface area (Å²) in [5.41, 5.74) is 1.20. The molecule has 0 aromatic heterocycles. The van der Waals surface area contributed by atoms with Gasteiger partial charge in [-0.3, -0.25) is 5.43 Å². The SMILES string of the molecule is C[C@H]1CC[C@H](c2ccccc2)S(=O)(=O)N1Cc1cc(F)c([C@]2(CN3C=NNC3O)C[C@](C)(O)C2)cc1F. The molecule has 3 atom stereocenters. The Morgan fingerprint density at radius 1 is 1.14 bits per heavy atom. The zero-order valence-corrected chi connectivity index (χ0v) is 21.6. The first-order valence-corrected chi connectivity index (χ1v) is 13.9. The lowest BCUT2D eigenvalue weighted by Gasteiger charge is -2.53. The summed E-state index contributed by atoms with van der Waals surface area (Å²) in [5, 5.41) is 23.6. The van der Waals surface area contributed by atoms with Gasteiger partial charge in [-0.1, -0.05) is 30.3 Å². The second-order valence-electron chi connectivity index (χ2n) is 10.9. The molecule has 2 aromatic carbocycles. The molecule has 37 heavy (non-hydrogen) atoms. The summed E-state index contributed by atoms with van der Waals surface area (Å²) in [4.78, 5) is 1.46. The predicted molar refractivity (Wildman–Crippen MR) is 135 cm³/mol. The van der Waals surface area contributed by atoms with Crippen molar-refractivity contribution in [2.75, 3.05) is 6.54 Å². The predicted octanol–water partition coefficient (Wildman–Crippen LogP) is 2.93. The van der Waals surface area contributed by atoms with E-state index in [1.165, 1.54) is 15.5 Å². The van der Waals surface area contributed by atoms with E-state index in [-0.39, 0.29) is 43.1 Å². The van der Waals surface area contributed by atoms with E-state index < -0.39 is 44.3 Å². The molecule has 0 bridgehead atoms. The molecule has 0 spiro atoms. The Labute approximate surface area is 215 Å². The van der Waals surface area contributed by atoms with Crippen LogP contribution in [0.1, 0.15) is 61.5 Å². The Hall–Kier alpha value is -2.60. The van der Waals surface area contributed by atoms with Crippen LogP contribution in [0.5, 0.6) is 0 Å². The van der Waals surface area contributed by atoms with Gasteiger partial charge in [-0.25, -0.2) is 17.2 Å². The largest absolute Gasteiger partial charge is 0.390 e. The molecule has 3 N–H and O–H groups in total. The first-order valence-electron chi connectivity index (χ1n) is 12.4. The Bertz CT molecular complexity index is 1300. The molecule has 1 saturated heterocycles. The van der Waals surface area contributed by atoms with Crippen molar-refractivity contribution in [1.29, 1.82) is 0 Å². The third-order valence-electron chi connectivity index (χ3n) is 7.86. The van der Waals surface area contributed by atoms with Crippen LogP contribution in [0, 0.1) is 11.6 Å². The lowest BCUT2D eigenvalue weighted by Crippen LogP contribution is -2.59. The molecule has 5 rings (SSSR count). The minimum atomic E-state index is -3.81. The number of nitrogens with one attached hydrogen (secondary N) is 1. The molecule has 1 saturated carbocycles. The summed E-state index contributed by atoms with van der Waals surface area (Å²) in [6, 6.07) is 10.8. The van der Waals surface area contributed by atoms with Crippen molar-refractivity contribution in [3.63, 3.8) is 0 Å². The second-order valence-corrected chi connectivity index (χ2v) is 13.0. The van der Waals surface area contributed by atoms with Gasteiger partial charge in [-0.15, -0.1) is 0 Å². The van der Waals surface area contributed by atoms with E-state index in [1.807, 2.05) is 6.07 Å². The lowest BCUT2D eigenvalue weighted by molar-refractivity contribution is -0.0932. The maximum absolute atomic E-state index is 15.6. The molecular formula is C26H32F2N4O4S. The van der Waals surface area contributed by atoms with E-state index in [0.717, 1.165) is 12.1 Å². The van der Waals surface area contributed by atoms with E-state index >= 15 is 8.78 Å². The quantitative estimate of drug-likeness (QED) is 0.527. The van der Waals surface area contributed by atoms with Crippen molar-refractivity contribution in [2.24, 2.45) is 5.10 Å². The molecular weight excluding hydrogens is 502 g/mol. The highest BCUT2D eigenvalue weighted by atomic mass is 32.2. The standard InChI is InChI=1S/C26H32F2N4O4S/c1-17-8-9-23(18-6-4-3-5-7-18)37(35,36)32(17)12-19-10-22(28)20(11-21(19)27)26(13-25(2,34)14-26)15-31-16-29-30-24(31)33/h3-7,10-11,16-17,23-24,30,33-34H,8-9,12-15H2,1-2H3/t17-,23+,24?,25-,26+/m0/s1. The summed E-state index contributed by atoms with van der Waals surface area (Å²) in [6.07, 6.45) is 1.69. The van der Waals surface area contributed by atoms with Crippen molar-refractivity contribution in [2.45, 2.75) is 74.7 Å². The summed E-state index contributed by atoms with van der Waals surface area (Å²) >= 11 is 0. The maximum atomic E-state index is 15.6. The Kier molecular flexibility index (Phi) is 6.54. The van der Waals surface area contributed by atoms with Crippen LogP contribution in [0.25, 0.3) is 0 Å². The van der Waals surface area contributed by atoms with Crippen LogP contribution in [0.3, 0.4) is 0 Å². The minimum Gasteiger partial charge on any atom is -0.390 e. The smallest absolute Gasteiger partial charge is 0.221 e. The fourth-order valence-corrected chi connectivity index (χ4v) is 8.41. The van der Waals surface area contributed by atoms with Gasteiger partial charge in [0.15, 0.2) is 0 Å². The fourth-order valence-electron chi connectivity index (χ4n) is 6.22. The van der Waals surface area contributed by atoms with Crippen LogP contribution >= 0.6 is 0 Å². The van der Waals surface area contributed by atoms with Gasteiger partial charge in [-0.2, -0.15) is 9.41 Å². The van der Waals surface area contributed by atoms with E-state index in [9.17, 15) is 18.6 Å². The first-order chi connectivity index (χ1) is 17.4. The molecule has 0 radical (unpaired) electrons. The van der Waals surface area contributed by atoms with Gasteiger partial charge in [0.05, 0.1) is 5.60 Å². The third kappa shape index (κ3) is 4.73.